The number of hydrogen-bond donors (Lipinski definition) is 0. The number of carbonyl (C=O) groups is 1. The van der Waals surface area contributed by atoms with Gasteiger partial charge in [0.25, 0.3) is 5.91 Å². The van der Waals surface area contributed by atoms with Crippen LogP contribution >= 0.6 is 23.2 Å². The number of nitrogens with zero attached hydrogens (tertiary/aromatic N) is 3. The molecule has 0 spiro atoms. The first-order chi connectivity index (χ1) is 13.6. The van der Waals surface area contributed by atoms with Gasteiger partial charge >= 0.3 is 0 Å². The van der Waals surface area contributed by atoms with Gasteiger partial charge in [0.1, 0.15) is 0 Å². The van der Waals surface area contributed by atoms with E-state index in [1.165, 1.54) is 0 Å². The van der Waals surface area contributed by atoms with E-state index in [0.29, 0.717) is 41.1 Å². The highest BCUT2D eigenvalue weighted by Crippen LogP contribution is 2.34. The Morgan fingerprint density at radius 1 is 1.14 bits per heavy atom. The topological polar surface area (TPSA) is 45.7 Å². The third-order valence-corrected chi connectivity index (χ3v) is 5.33. The Kier molecular flexibility index (Phi) is 7.54. The van der Waals surface area contributed by atoms with Crippen molar-refractivity contribution in [3.8, 4) is 5.75 Å². The molecule has 0 radical (unpaired) electrons. The Balaban J connectivity index is 1.55. The molecule has 2 heterocycles. The highest BCUT2D eigenvalue weighted by molar-refractivity contribution is 6.37. The summed E-state index contributed by atoms with van der Waals surface area (Å²) in [6.45, 7) is 6.55. The molecule has 1 aromatic heterocycles. The SMILES string of the molecule is CCCOc1c(Cl)cc(C(=O)N2CCN(CCc3ccccn3)CC2)cc1Cl. The molecule has 1 saturated heterocycles. The van der Waals surface area contributed by atoms with E-state index in [4.69, 9.17) is 27.9 Å². The minimum Gasteiger partial charge on any atom is -0.490 e. The highest BCUT2D eigenvalue weighted by Gasteiger charge is 2.23. The molecule has 1 fully saturated rings. The number of aromatic nitrogens is 1. The monoisotopic (exact) mass is 421 g/mol. The molecule has 0 unspecified atom stereocenters. The molecule has 1 amide bonds. The predicted molar refractivity (Wildman–Crippen MR) is 113 cm³/mol. The molecule has 0 aliphatic carbocycles. The molecule has 0 atom stereocenters. The van der Waals surface area contributed by atoms with E-state index in [-0.39, 0.29) is 5.91 Å². The molecule has 1 aromatic carbocycles. The van der Waals surface area contributed by atoms with Gasteiger partial charge in [0.05, 0.1) is 16.7 Å². The lowest BCUT2D eigenvalue weighted by molar-refractivity contribution is 0.0638. The van der Waals surface area contributed by atoms with Gasteiger partial charge in [-0.05, 0) is 30.7 Å². The van der Waals surface area contributed by atoms with Gasteiger partial charge in [0, 0.05) is 56.6 Å². The molecular weight excluding hydrogens is 397 g/mol. The van der Waals surface area contributed by atoms with Crippen molar-refractivity contribution in [3.63, 3.8) is 0 Å². The summed E-state index contributed by atoms with van der Waals surface area (Å²) >= 11 is 12.6. The zero-order chi connectivity index (χ0) is 19.9. The highest BCUT2D eigenvalue weighted by atomic mass is 35.5. The number of pyridine rings is 1. The molecular formula is C21H25Cl2N3O2. The number of piperazine rings is 1. The summed E-state index contributed by atoms with van der Waals surface area (Å²) in [5.74, 6) is 0.399. The summed E-state index contributed by atoms with van der Waals surface area (Å²) in [5.41, 5.74) is 1.59. The van der Waals surface area contributed by atoms with Crippen LogP contribution in [0.4, 0.5) is 0 Å². The lowest BCUT2D eigenvalue weighted by Gasteiger charge is -2.34. The third kappa shape index (κ3) is 5.37. The Morgan fingerprint density at radius 3 is 2.46 bits per heavy atom. The van der Waals surface area contributed by atoms with Crippen LogP contribution in [0.1, 0.15) is 29.4 Å². The van der Waals surface area contributed by atoms with Gasteiger partial charge in [0.15, 0.2) is 5.75 Å². The maximum absolute atomic E-state index is 12.9. The first-order valence-electron chi connectivity index (χ1n) is 9.62. The van der Waals surface area contributed by atoms with Crippen molar-refractivity contribution in [1.29, 1.82) is 0 Å². The van der Waals surface area contributed by atoms with Gasteiger partial charge in [-0.1, -0.05) is 36.2 Å². The average molecular weight is 422 g/mol. The molecule has 150 valence electrons. The van der Waals surface area contributed by atoms with Crippen molar-refractivity contribution in [2.24, 2.45) is 0 Å². The van der Waals surface area contributed by atoms with Crippen molar-refractivity contribution < 1.29 is 9.53 Å². The van der Waals surface area contributed by atoms with Crippen LogP contribution in [0, 0.1) is 0 Å². The van der Waals surface area contributed by atoms with Crippen LogP contribution in [-0.4, -0.2) is 60.0 Å². The number of halogens is 2. The first-order valence-corrected chi connectivity index (χ1v) is 10.4. The van der Waals surface area contributed by atoms with E-state index >= 15 is 0 Å². The standard InChI is InChI=1S/C21H25Cl2N3O2/c1-2-13-28-20-18(22)14-16(15-19(20)23)21(27)26-11-9-25(10-12-26)8-6-17-5-3-4-7-24-17/h3-5,7,14-15H,2,6,8-13H2,1H3. The van der Waals surface area contributed by atoms with Gasteiger partial charge < -0.3 is 9.64 Å². The lowest BCUT2D eigenvalue weighted by Crippen LogP contribution is -2.49. The van der Waals surface area contributed by atoms with Crippen LogP contribution in [0.15, 0.2) is 36.5 Å². The molecule has 1 aliphatic rings. The zero-order valence-electron chi connectivity index (χ0n) is 16.0. The minimum atomic E-state index is -0.0461. The van der Waals surface area contributed by atoms with E-state index in [9.17, 15) is 4.79 Å². The van der Waals surface area contributed by atoms with Crippen LogP contribution in [0.5, 0.6) is 5.75 Å². The summed E-state index contributed by atoms with van der Waals surface area (Å²) in [5, 5.41) is 0.747. The number of benzene rings is 1. The number of ether oxygens (including phenoxy) is 1. The molecule has 0 saturated carbocycles. The number of hydrogen-bond acceptors (Lipinski definition) is 4. The fourth-order valence-corrected chi connectivity index (χ4v) is 3.80. The third-order valence-electron chi connectivity index (χ3n) is 4.77. The molecule has 28 heavy (non-hydrogen) atoms. The Morgan fingerprint density at radius 2 is 1.86 bits per heavy atom. The zero-order valence-corrected chi connectivity index (χ0v) is 17.5. The quantitative estimate of drug-likeness (QED) is 0.672. The number of carbonyl (C=O) groups excluding carboxylic acids is 1. The van der Waals surface area contributed by atoms with Crippen LogP contribution in [0.2, 0.25) is 10.0 Å². The smallest absolute Gasteiger partial charge is 0.254 e. The predicted octanol–water partition coefficient (Wildman–Crippen LogP) is 4.18. The molecule has 3 rings (SSSR count). The van der Waals surface area contributed by atoms with Crippen molar-refractivity contribution >= 4 is 29.1 Å². The summed E-state index contributed by atoms with van der Waals surface area (Å²) in [7, 11) is 0. The Hall–Kier alpha value is -1.82. The largest absolute Gasteiger partial charge is 0.490 e. The van der Waals surface area contributed by atoms with Gasteiger partial charge in [-0.25, -0.2) is 0 Å². The van der Waals surface area contributed by atoms with Crippen molar-refractivity contribution in [3.05, 3.63) is 57.8 Å². The van der Waals surface area contributed by atoms with E-state index < -0.39 is 0 Å². The summed E-state index contributed by atoms with van der Waals surface area (Å²) in [6, 6.07) is 9.27. The normalized spacial score (nSPS) is 14.9. The lowest BCUT2D eigenvalue weighted by atomic mass is 10.1. The average Bonchev–Trinajstić information content (AvgIpc) is 2.72. The molecule has 5 nitrogen and oxygen atoms in total. The summed E-state index contributed by atoms with van der Waals surface area (Å²) in [4.78, 5) is 21.4. The van der Waals surface area contributed by atoms with E-state index in [2.05, 4.69) is 9.88 Å². The maximum atomic E-state index is 12.9. The fraction of sp³-hybridized carbons (Fsp3) is 0.429. The van der Waals surface area contributed by atoms with Gasteiger partial charge in [0.2, 0.25) is 0 Å². The summed E-state index contributed by atoms with van der Waals surface area (Å²) < 4.78 is 5.57. The Bertz CT molecular complexity index is 770. The van der Waals surface area contributed by atoms with Crippen molar-refractivity contribution in [1.82, 2.24) is 14.8 Å². The minimum absolute atomic E-state index is 0.0461. The van der Waals surface area contributed by atoms with E-state index in [1.54, 1.807) is 12.1 Å². The van der Waals surface area contributed by atoms with Crippen LogP contribution in [-0.2, 0) is 6.42 Å². The molecule has 0 bridgehead atoms. The second kappa shape index (κ2) is 10.1. The second-order valence-electron chi connectivity index (χ2n) is 6.82. The van der Waals surface area contributed by atoms with Gasteiger partial charge in [-0.3, -0.25) is 14.7 Å². The number of rotatable bonds is 7. The fourth-order valence-electron chi connectivity index (χ4n) is 3.20. The maximum Gasteiger partial charge on any atom is 0.254 e. The molecule has 7 heteroatoms. The summed E-state index contributed by atoms with van der Waals surface area (Å²) in [6.07, 6.45) is 3.60. The van der Waals surface area contributed by atoms with E-state index in [1.807, 2.05) is 36.2 Å². The van der Waals surface area contributed by atoms with Crippen LogP contribution in [0.25, 0.3) is 0 Å². The van der Waals surface area contributed by atoms with Crippen LogP contribution in [0.3, 0.4) is 0 Å². The van der Waals surface area contributed by atoms with Crippen molar-refractivity contribution in [2.75, 3.05) is 39.3 Å². The van der Waals surface area contributed by atoms with Crippen molar-refractivity contribution in [2.45, 2.75) is 19.8 Å². The van der Waals surface area contributed by atoms with Crippen LogP contribution < -0.4 is 4.74 Å². The molecule has 0 N–H and O–H groups in total. The van der Waals surface area contributed by atoms with E-state index in [0.717, 1.165) is 38.2 Å². The Labute approximate surface area is 176 Å². The van der Waals surface area contributed by atoms with Gasteiger partial charge in [-0.15, -0.1) is 0 Å². The molecule has 2 aromatic rings. The van der Waals surface area contributed by atoms with Gasteiger partial charge in [-0.2, -0.15) is 0 Å². The second-order valence-corrected chi connectivity index (χ2v) is 7.64. The molecule has 1 aliphatic heterocycles. The number of amides is 1. The first kappa shape index (κ1) is 20.9.